The summed E-state index contributed by atoms with van der Waals surface area (Å²) in [7, 11) is 0. The van der Waals surface area contributed by atoms with E-state index in [9.17, 15) is 0 Å². The molecule has 0 spiro atoms. The molecule has 0 saturated carbocycles. The monoisotopic (exact) mass is 285 g/mol. The largest absolute Gasteiger partial charge is 0.368 e. The predicted octanol–water partition coefficient (Wildman–Crippen LogP) is 2.90. The van der Waals surface area contributed by atoms with Gasteiger partial charge in [-0.1, -0.05) is 27.7 Å². The number of hydrogen-bond donors (Lipinski definition) is 1. The molecular weight excluding hydrogens is 262 g/mol. The van der Waals surface area contributed by atoms with Gasteiger partial charge in [0.25, 0.3) is 0 Å². The lowest BCUT2D eigenvalue weighted by Crippen LogP contribution is -2.27. The molecule has 0 aliphatic heterocycles. The highest BCUT2D eigenvalue weighted by Crippen LogP contribution is 2.44. The summed E-state index contributed by atoms with van der Waals surface area (Å²) in [5.41, 5.74) is 11.5. The van der Waals surface area contributed by atoms with E-state index < -0.39 is 0 Å². The second-order valence-electron chi connectivity index (χ2n) is 6.73. The molecule has 5 heteroatoms. The van der Waals surface area contributed by atoms with Crippen molar-refractivity contribution in [2.45, 2.75) is 58.9 Å². The quantitative estimate of drug-likeness (QED) is 0.921. The lowest BCUT2D eigenvalue weighted by molar-refractivity contribution is 0.498. The van der Waals surface area contributed by atoms with Crippen LogP contribution in [0.1, 0.15) is 57.5 Å². The third kappa shape index (κ3) is 2.03. The number of nitrogens with two attached hydrogens (primary N) is 1. The zero-order valence-corrected chi connectivity index (χ0v) is 13.4. The van der Waals surface area contributed by atoms with Gasteiger partial charge in [-0.3, -0.25) is 4.68 Å². The number of rotatable bonds is 2. The second-order valence-corrected chi connectivity index (χ2v) is 6.73. The molecule has 2 N–H and O–H groups in total. The Morgan fingerprint density at radius 1 is 1.38 bits per heavy atom. The van der Waals surface area contributed by atoms with Gasteiger partial charge >= 0.3 is 0 Å². The maximum atomic E-state index is 5.84. The average molecular weight is 285 g/mol. The summed E-state index contributed by atoms with van der Waals surface area (Å²) in [6.45, 7) is 11.8. The lowest BCUT2D eigenvalue weighted by atomic mass is 9.74. The van der Waals surface area contributed by atoms with Crippen LogP contribution in [-0.2, 0) is 18.4 Å². The average Bonchev–Trinajstić information content (AvgIpc) is 2.75. The van der Waals surface area contributed by atoms with Crippen LogP contribution in [0.4, 0.5) is 5.95 Å². The van der Waals surface area contributed by atoms with Crippen LogP contribution in [0.15, 0.2) is 6.20 Å². The van der Waals surface area contributed by atoms with Gasteiger partial charge in [0, 0.05) is 30.3 Å². The van der Waals surface area contributed by atoms with Gasteiger partial charge in [0.2, 0.25) is 5.95 Å². The standard InChI is InChI=1S/C16H23N5/c1-6-21-14(9(2)3)12-11(20-21)7-16(4,5)10-8-18-15(17)19-13(10)12/h8-9H,6-7H2,1-5H3,(H2,17,18,19). The number of hydrogen-bond acceptors (Lipinski definition) is 4. The number of nitrogens with zero attached hydrogens (tertiary/aromatic N) is 4. The normalized spacial score (nSPS) is 15.9. The molecule has 5 nitrogen and oxygen atoms in total. The Morgan fingerprint density at radius 2 is 2.10 bits per heavy atom. The minimum atomic E-state index is -0.0167. The van der Waals surface area contributed by atoms with Crippen LogP contribution in [0, 0.1) is 0 Å². The van der Waals surface area contributed by atoms with Crippen molar-refractivity contribution in [3.05, 3.63) is 23.1 Å². The number of fused-ring (bicyclic) bond motifs is 3. The summed E-state index contributed by atoms with van der Waals surface area (Å²) in [6.07, 6.45) is 2.79. The Labute approximate surface area is 125 Å². The first-order chi connectivity index (χ1) is 9.85. The molecule has 112 valence electrons. The SMILES string of the molecule is CCn1nc2c(c1C(C)C)-c1nc(N)ncc1C(C)(C)C2. The molecule has 0 amide bonds. The van der Waals surface area contributed by atoms with Crippen molar-refractivity contribution in [1.29, 1.82) is 0 Å². The molecule has 0 fully saturated rings. The molecule has 21 heavy (non-hydrogen) atoms. The van der Waals surface area contributed by atoms with Crippen LogP contribution in [-0.4, -0.2) is 19.7 Å². The summed E-state index contributed by atoms with van der Waals surface area (Å²) in [5, 5.41) is 4.83. The Morgan fingerprint density at radius 3 is 2.71 bits per heavy atom. The molecule has 2 aromatic heterocycles. The molecule has 0 bridgehead atoms. The number of aromatic nitrogens is 4. The molecule has 2 aromatic rings. The fraction of sp³-hybridized carbons (Fsp3) is 0.562. The highest BCUT2D eigenvalue weighted by Gasteiger charge is 2.37. The van der Waals surface area contributed by atoms with Crippen molar-refractivity contribution in [1.82, 2.24) is 19.7 Å². The molecule has 3 rings (SSSR count). The van der Waals surface area contributed by atoms with E-state index >= 15 is 0 Å². The summed E-state index contributed by atoms with van der Waals surface area (Å²) in [4.78, 5) is 8.76. The van der Waals surface area contributed by atoms with Gasteiger partial charge in [0.1, 0.15) is 0 Å². The smallest absolute Gasteiger partial charge is 0.220 e. The molecule has 0 saturated heterocycles. The third-order valence-corrected chi connectivity index (χ3v) is 4.29. The molecule has 0 atom stereocenters. The predicted molar refractivity (Wildman–Crippen MR) is 84.2 cm³/mol. The molecule has 1 aliphatic rings. The first-order valence-corrected chi connectivity index (χ1v) is 7.58. The minimum Gasteiger partial charge on any atom is -0.368 e. The number of anilines is 1. The van der Waals surface area contributed by atoms with Crippen molar-refractivity contribution in [2.24, 2.45) is 0 Å². The van der Waals surface area contributed by atoms with Crippen molar-refractivity contribution in [3.63, 3.8) is 0 Å². The van der Waals surface area contributed by atoms with Crippen LogP contribution in [0.2, 0.25) is 0 Å². The zero-order chi connectivity index (χ0) is 15.4. The first-order valence-electron chi connectivity index (χ1n) is 7.58. The first kappa shape index (κ1) is 14.0. The van der Waals surface area contributed by atoms with Gasteiger partial charge in [-0.15, -0.1) is 0 Å². The van der Waals surface area contributed by atoms with E-state index in [0.717, 1.165) is 24.4 Å². The third-order valence-electron chi connectivity index (χ3n) is 4.29. The van der Waals surface area contributed by atoms with Crippen LogP contribution >= 0.6 is 0 Å². The van der Waals surface area contributed by atoms with E-state index in [4.69, 9.17) is 10.8 Å². The Bertz CT molecular complexity index is 697. The van der Waals surface area contributed by atoms with Crippen LogP contribution in [0.3, 0.4) is 0 Å². The highest BCUT2D eigenvalue weighted by atomic mass is 15.3. The number of aryl methyl sites for hydroxylation is 1. The van der Waals surface area contributed by atoms with E-state index in [1.165, 1.54) is 16.8 Å². The van der Waals surface area contributed by atoms with Crippen molar-refractivity contribution < 1.29 is 0 Å². The fourth-order valence-corrected chi connectivity index (χ4v) is 3.33. The maximum absolute atomic E-state index is 5.84. The minimum absolute atomic E-state index is 0.0167. The van der Waals surface area contributed by atoms with Gasteiger partial charge in [-0.05, 0) is 18.3 Å². The molecule has 2 heterocycles. The Hall–Kier alpha value is -1.91. The van der Waals surface area contributed by atoms with E-state index in [1.807, 2.05) is 6.20 Å². The highest BCUT2D eigenvalue weighted by molar-refractivity contribution is 5.73. The van der Waals surface area contributed by atoms with Gasteiger partial charge in [-0.2, -0.15) is 5.10 Å². The summed E-state index contributed by atoms with van der Waals surface area (Å²) in [6, 6.07) is 0. The van der Waals surface area contributed by atoms with Gasteiger partial charge < -0.3 is 5.73 Å². The summed E-state index contributed by atoms with van der Waals surface area (Å²) < 4.78 is 2.11. The molecule has 0 unspecified atom stereocenters. The lowest BCUT2D eigenvalue weighted by Gasteiger charge is -2.31. The summed E-state index contributed by atoms with van der Waals surface area (Å²) >= 11 is 0. The second kappa shape index (κ2) is 4.55. The topological polar surface area (TPSA) is 69.6 Å². The maximum Gasteiger partial charge on any atom is 0.220 e. The Kier molecular flexibility index (Phi) is 3.04. The van der Waals surface area contributed by atoms with Gasteiger partial charge in [0.15, 0.2) is 0 Å². The van der Waals surface area contributed by atoms with E-state index in [2.05, 4.69) is 49.3 Å². The van der Waals surface area contributed by atoms with E-state index in [-0.39, 0.29) is 5.41 Å². The summed E-state index contributed by atoms with van der Waals surface area (Å²) in [5.74, 6) is 0.725. The van der Waals surface area contributed by atoms with Crippen molar-refractivity contribution in [3.8, 4) is 11.3 Å². The van der Waals surface area contributed by atoms with Crippen LogP contribution in [0.5, 0.6) is 0 Å². The van der Waals surface area contributed by atoms with Crippen LogP contribution < -0.4 is 5.73 Å². The fourth-order valence-electron chi connectivity index (χ4n) is 3.33. The van der Waals surface area contributed by atoms with E-state index in [1.54, 1.807) is 0 Å². The van der Waals surface area contributed by atoms with Gasteiger partial charge in [0.05, 0.1) is 17.1 Å². The van der Waals surface area contributed by atoms with Crippen LogP contribution in [0.25, 0.3) is 11.3 Å². The Balaban J connectivity index is 2.35. The van der Waals surface area contributed by atoms with E-state index in [0.29, 0.717) is 11.9 Å². The molecule has 0 aromatic carbocycles. The number of nitrogen functional groups attached to an aromatic ring is 1. The molecular formula is C16H23N5. The molecule has 0 radical (unpaired) electrons. The molecule has 1 aliphatic carbocycles. The van der Waals surface area contributed by atoms with Crippen molar-refractivity contribution in [2.75, 3.05) is 5.73 Å². The van der Waals surface area contributed by atoms with Gasteiger partial charge in [-0.25, -0.2) is 9.97 Å². The van der Waals surface area contributed by atoms with Crippen molar-refractivity contribution >= 4 is 5.95 Å². The zero-order valence-electron chi connectivity index (χ0n) is 13.4.